The van der Waals surface area contributed by atoms with Gasteiger partial charge < -0.3 is 21.1 Å². The Kier molecular flexibility index (Phi) is 4.89. The highest BCUT2D eigenvalue weighted by Gasteiger charge is 2.44. The molecule has 3 heterocycles. The topological polar surface area (TPSA) is 117 Å². The Bertz CT molecular complexity index is 875. The van der Waals surface area contributed by atoms with Gasteiger partial charge in [-0.15, -0.1) is 0 Å². The molecule has 4 rings (SSSR count). The first-order valence-electron chi connectivity index (χ1n) is 9.76. The summed E-state index contributed by atoms with van der Waals surface area (Å²) in [6.45, 7) is 4.29. The Morgan fingerprint density at radius 3 is 2.71 bits per heavy atom. The summed E-state index contributed by atoms with van der Waals surface area (Å²) in [5, 5.41) is 12.4. The van der Waals surface area contributed by atoms with Gasteiger partial charge in [-0.3, -0.25) is 4.79 Å². The number of carbonyl (C=O) groups is 1. The van der Waals surface area contributed by atoms with Gasteiger partial charge in [-0.05, 0) is 44.7 Å². The van der Waals surface area contributed by atoms with Crippen molar-refractivity contribution in [3.8, 4) is 0 Å². The van der Waals surface area contributed by atoms with E-state index in [9.17, 15) is 4.79 Å². The van der Waals surface area contributed by atoms with E-state index < -0.39 is 5.91 Å². The molecule has 8 heteroatoms. The van der Waals surface area contributed by atoms with Crippen molar-refractivity contribution in [3.05, 3.63) is 41.0 Å². The van der Waals surface area contributed by atoms with Crippen LogP contribution in [0.25, 0.3) is 0 Å². The highest BCUT2D eigenvalue weighted by atomic mass is 16.3. The Labute approximate surface area is 164 Å². The minimum Gasteiger partial charge on any atom is -0.395 e. The molecule has 1 amide bonds. The maximum absolute atomic E-state index is 11.2. The van der Waals surface area contributed by atoms with Crippen LogP contribution in [0.4, 0.5) is 11.6 Å². The second-order valence-corrected chi connectivity index (χ2v) is 7.63. The van der Waals surface area contributed by atoms with Crippen molar-refractivity contribution >= 4 is 17.5 Å². The van der Waals surface area contributed by atoms with Crippen LogP contribution in [0.5, 0.6) is 0 Å². The molecule has 1 fully saturated rings. The van der Waals surface area contributed by atoms with Gasteiger partial charge >= 0.3 is 0 Å². The first-order valence-corrected chi connectivity index (χ1v) is 9.76. The number of aromatic nitrogens is 3. The predicted molar refractivity (Wildman–Crippen MR) is 107 cm³/mol. The molecule has 0 saturated carbocycles. The fraction of sp³-hybridized carbons (Fsp3) is 0.500. The van der Waals surface area contributed by atoms with Crippen LogP contribution < -0.4 is 16.0 Å². The van der Waals surface area contributed by atoms with Gasteiger partial charge in [0.2, 0.25) is 5.91 Å². The van der Waals surface area contributed by atoms with Crippen molar-refractivity contribution < 1.29 is 9.90 Å². The molecule has 0 unspecified atom stereocenters. The van der Waals surface area contributed by atoms with Gasteiger partial charge in [0.05, 0.1) is 17.9 Å². The number of carbonyl (C=O) groups excluding carboxylic acids is 1. The zero-order valence-corrected chi connectivity index (χ0v) is 16.1. The van der Waals surface area contributed by atoms with E-state index in [1.165, 1.54) is 11.3 Å². The number of aryl methyl sites for hydroxylation is 1. The second-order valence-electron chi connectivity index (χ2n) is 7.63. The van der Waals surface area contributed by atoms with E-state index in [1.54, 1.807) is 12.3 Å². The third-order valence-corrected chi connectivity index (χ3v) is 5.96. The number of aliphatic hydroxyl groups excluding tert-OH is 1. The number of anilines is 2. The van der Waals surface area contributed by atoms with Crippen LogP contribution in [0.2, 0.25) is 0 Å². The fourth-order valence-corrected chi connectivity index (χ4v) is 4.44. The number of primary amides is 1. The number of amides is 1. The Balaban J connectivity index is 1.53. The Morgan fingerprint density at radius 2 is 2.07 bits per heavy atom. The molecule has 1 aliphatic heterocycles. The van der Waals surface area contributed by atoms with Crippen LogP contribution in [-0.4, -0.2) is 52.2 Å². The second kappa shape index (κ2) is 7.35. The molecular formula is C20H26N6O2. The molecule has 1 aliphatic carbocycles. The molecule has 4 N–H and O–H groups in total. The number of nitrogens with two attached hydrogens (primary N) is 1. The molecule has 1 saturated heterocycles. The number of pyridine rings is 1. The number of nitrogens with one attached hydrogen (secondary N) is 1. The summed E-state index contributed by atoms with van der Waals surface area (Å²) in [4.78, 5) is 27.3. The van der Waals surface area contributed by atoms with Crippen LogP contribution in [-0.2, 0) is 11.8 Å². The molecular weight excluding hydrogens is 356 g/mol. The SMILES string of the molecule is Cc1nc(NCCO)c2c(n1)C1(CC2)CCN(c2ccc(C(N)=O)cn2)CC1. The van der Waals surface area contributed by atoms with Gasteiger partial charge in [-0.25, -0.2) is 15.0 Å². The number of rotatable bonds is 5. The van der Waals surface area contributed by atoms with Crippen LogP contribution in [0.1, 0.15) is 46.7 Å². The van der Waals surface area contributed by atoms with Gasteiger partial charge in [-0.2, -0.15) is 0 Å². The van der Waals surface area contributed by atoms with E-state index in [-0.39, 0.29) is 12.0 Å². The number of aliphatic hydroxyl groups is 1. The number of fused-ring (bicyclic) bond motifs is 2. The van der Waals surface area contributed by atoms with E-state index >= 15 is 0 Å². The smallest absolute Gasteiger partial charge is 0.250 e. The summed E-state index contributed by atoms with van der Waals surface area (Å²) in [6, 6.07) is 3.60. The molecule has 2 aromatic rings. The maximum atomic E-state index is 11.2. The highest BCUT2D eigenvalue weighted by molar-refractivity contribution is 5.92. The lowest BCUT2D eigenvalue weighted by atomic mass is 9.76. The predicted octanol–water partition coefficient (Wildman–Crippen LogP) is 1.17. The van der Waals surface area contributed by atoms with Crippen molar-refractivity contribution in [1.29, 1.82) is 0 Å². The molecule has 8 nitrogen and oxygen atoms in total. The van der Waals surface area contributed by atoms with Gasteiger partial charge in [-0.1, -0.05) is 0 Å². The zero-order valence-electron chi connectivity index (χ0n) is 16.1. The summed E-state index contributed by atoms with van der Waals surface area (Å²) in [5.41, 5.74) is 8.19. The number of hydrogen-bond acceptors (Lipinski definition) is 7. The fourth-order valence-electron chi connectivity index (χ4n) is 4.44. The molecule has 0 atom stereocenters. The standard InChI is InChI=1S/C20H26N6O2/c1-13-24-17-15(19(25-13)22-8-11-27)4-5-20(17)6-9-26(10-7-20)16-3-2-14(12-23-16)18(21)28/h2-3,12,27H,4-11H2,1H3,(H2,21,28)(H,22,24,25). The first kappa shape index (κ1) is 18.6. The van der Waals surface area contributed by atoms with Crippen LogP contribution in [0.3, 0.4) is 0 Å². The molecule has 28 heavy (non-hydrogen) atoms. The third-order valence-electron chi connectivity index (χ3n) is 5.96. The Hall–Kier alpha value is -2.74. The summed E-state index contributed by atoms with van der Waals surface area (Å²) in [6.07, 6.45) is 5.61. The lowest BCUT2D eigenvalue weighted by molar-refractivity contribution is 0.1000. The lowest BCUT2D eigenvalue weighted by Gasteiger charge is -2.40. The quantitative estimate of drug-likeness (QED) is 0.710. The van der Waals surface area contributed by atoms with Crippen molar-refractivity contribution in [1.82, 2.24) is 15.0 Å². The monoisotopic (exact) mass is 382 g/mol. The largest absolute Gasteiger partial charge is 0.395 e. The first-order chi connectivity index (χ1) is 13.5. The summed E-state index contributed by atoms with van der Waals surface area (Å²) in [5.74, 6) is 2.06. The highest BCUT2D eigenvalue weighted by Crippen LogP contribution is 2.47. The zero-order chi connectivity index (χ0) is 19.7. The van der Waals surface area contributed by atoms with Gasteiger partial charge in [0.1, 0.15) is 17.5 Å². The van der Waals surface area contributed by atoms with Crippen LogP contribution >= 0.6 is 0 Å². The molecule has 2 aromatic heterocycles. The molecule has 0 radical (unpaired) electrons. The van der Waals surface area contributed by atoms with Crippen molar-refractivity contribution in [3.63, 3.8) is 0 Å². The van der Waals surface area contributed by atoms with Gasteiger partial charge in [0.25, 0.3) is 0 Å². The molecule has 148 valence electrons. The van der Waals surface area contributed by atoms with Gasteiger partial charge in [0.15, 0.2) is 0 Å². The molecule has 0 aromatic carbocycles. The van der Waals surface area contributed by atoms with E-state index in [4.69, 9.17) is 15.8 Å². The molecule has 0 bridgehead atoms. The van der Waals surface area contributed by atoms with Gasteiger partial charge in [0, 0.05) is 36.8 Å². The van der Waals surface area contributed by atoms with Crippen LogP contribution in [0, 0.1) is 6.92 Å². The summed E-state index contributed by atoms with van der Waals surface area (Å²) in [7, 11) is 0. The molecule has 2 aliphatic rings. The van der Waals surface area contributed by atoms with Crippen molar-refractivity contribution in [2.45, 2.75) is 38.0 Å². The number of piperidine rings is 1. The lowest BCUT2D eigenvalue weighted by Crippen LogP contribution is -2.42. The normalized spacial score (nSPS) is 17.6. The number of hydrogen-bond donors (Lipinski definition) is 3. The van der Waals surface area contributed by atoms with E-state index in [1.807, 2.05) is 13.0 Å². The summed E-state index contributed by atoms with van der Waals surface area (Å²) >= 11 is 0. The minimum atomic E-state index is -0.458. The maximum Gasteiger partial charge on any atom is 0.250 e. The number of nitrogens with zero attached hydrogens (tertiary/aromatic N) is 4. The average Bonchev–Trinajstić information content (AvgIpc) is 3.05. The van der Waals surface area contributed by atoms with E-state index in [0.29, 0.717) is 12.1 Å². The van der Waals surface area contributed by atoms with Crippen LogP contribution in [0.15, 0.2) is 18.3 Å². The third kappa shape index (κ3) is 3.28. The van der Waals surface area contributed by atoms with Crippen molar-refractivity contribution in [2.24, 2.45) is 5.73 Å². The molecule has 1 spiro atoms. The Morgan fingerprint density at radius 1 is 1.29 bits per heavy atom. The minimum absolute atomic E-state index is 0.0828. The van der Waals surface area contributed by atoms with Crippen molar-refractivity contribution in [2.75, 3.05) is 36.5 Å². The van der Waals surface area contributed by atoms with E-state index in [0.717, 1.165) is 56.2 Å². The average molecular weight is 382 g/mol. The van der Waals surface area contributed by atoms with E-state index in [2.05, 4.69) is 20.2 Å². The summed E-state index contributed by atoms with van der Waals surface area (Å²) < 4.78 is 0.